The van der Waals surface area contributed by atoms with Crippen LogP contribution in [0.4, 0.5) is 0 Å². The van der Waals surface area contributed by atoms with Gasteiger partial charge in [-0.25, -0.2) is 0 Å². The average molecular weight is 302 g/mol. The van der Waals surface area contributed by atoms with Gasteiger partial charge in [0.05, 0.1) is 5.69 Å². The van der Waals surface area contributed by atoms with Crippen LogP contribution in [0.3, 0.4) is 0 Å². The Kier molecular flexibility index (Phi) is 5.13. The third-order valence-electron chi connectivity index (χ3n) is 3.21. The molecular formula is C16H16ClN3O. The van der Waals surface area contributed by atoms with Gasteiger partial charge in [0.25, 0.3) is 5.88 Å². The van der Waals surface area contributed by atoms with Gasteiger partial charge in [0, 0.05) is 5.02 Å². The van der Waals surface area contributed by atoms with Gasteiger partial charge in [-0.15, -0.1) is 5.10 Å². The molecule has 0 atom stereocenters. The van der Waals surface area contributed by atoms with Crippen LogP contribution in [0, 0.1) is 11.3 Å². The normalized spacial score (nSPS) is 10.2. The molecule has 108 valence electrons. The molecule has 0 fully saturated rings. The number of aromatic nitrogens is 2. The van der Waals surface area contributed by atoms with Crippen molar-refractivity contribution >= 4 is 11.6 Å². The summed E-state index contributed by atoms with van der Waals surface area (Å²) in [6.07, 6.45) is 1.49. The Labute approximate surface area is 129 Å². The van der Waals surface area contributed by atoms with E-state index in [1.165, 1.54) is 0 Å². The van der Waals surface area contributed by atoms with Crippen LogP contribution in [-0.2, 0) is 19.4 Å². The Balaban J connectivity index is 2.24. The molecule has 0 aliphatic heterocycles. The lowest BCUT2D eigenvalue weighted by Crippen LogP contribution is -2.07. The average Bonchev–Trinajstić information content (AvgIpc) is 2.53. The molecule has 0 spiro atoms. The Morgan fingerprint density at radius 1 is 1.14 bits per heavy atom. The molecule has 2 aromatic rings. The summed E-state index contributed by atoms with van der Waals surface area (Å²) >= 11 is 5.84. The third kappa shape index (κ3) is 3.50. The van der Waals surface area contributed by atoms with Crippen molar-refractivity contribution in [1.29, 1.82) is 5.26 Å². The molecule has 0 saturated heterocycles. The molecule has 0 N–H and O–H groups in total. The van der Waals surface area contributed by atoms with E-state index in [-0.39, 0.29) is 0 Å². The maximum absolute atomic E-state index is 9.37. The SMILES string of the molecule is CCc1nnc(OCc2ccc(Cl)cc2)c(C#N)c1CC. The summed E-state index contributed by atoms with van der Waals surface area (Å²) in [5, 5.41) is 18.2. The van der Waals surface area contributed by atoms with Crippen LogP contribution in [0.1, 0.15) is 36.2 Å². The van der Waals surface area contributed by atoms with Gasteiger partial charge in [0.1, 0.15) is 18.2 Å². The first-order valence-corrected chi connectivity index (χ1v) is 7.23. The summed E-state index contributed by atoms with van der Waals surface area (Å²) < 4.78 is 5.66. The lowest BCUT2D eigenvalue weighted by atomic mass is 10.0. The molecule has 5 heteroatoms. The van der Waals surface area contributed by atoms with E-state index in [4.69, 9.17) is 16.3 Å². The van der Waals surface area contributed by atoms with Gasteiger partial charge >= 0.3 is 0 Å². The zero-order chi connectivity index (χ0) is 15.2. The van der Waals surface area contributed by atoms with Crippen LogP contribution in [0.2, 0.25) is 5.02 Å². The minimum atomic E-state index is 0.293. The highest BCUT2D eigenvalue weighted by Gasteiger charge is 2.15. The van der Waals surface area contributed by atoms with E-state index < -0.39 is 0 Å². The van der Waals surface area contributed by atoms with E-state index in [2.05, 4.69) is 16.3 Å². The molecule has 1 heterocycles. The first kappa shape index (κ1) is 15.3. The molecule has 0 aliphatic rings. The highest BCUT2D eigenvalue weighted by atomic mass is 35.5. The minimum absolute atomic E-state index is 0.293. The minimum Gasteiger partial charge on any atom is -0.471 e. The molecule has 0 saturated carbocycles. The predicted molar refractivity (Wildman–Crippen MR) is 81.3 cm³/mol. The summed E-state index contributed by atoms with van der Waals surface area (Å²) in [4.78, 5) is 0. The van der Waals surface area contributed by atoms with E-state index in [1.54, 1.807) is 12.1 Å². The molecule has 4 nitrogen and oxygen atoms in total. The topological polar surface area (TPSA) is 58.8 Å². The fraction of sp³-hybridized carbons (Fsp3) is 0.312. The maximum Gasteiger partial charge on any atom is 0.252 e. The summed E-state index contributed by atoms with van der Waals surface area (Å²) in [5.41, 5.74) is 3.22. The molecule has 0 radical (unpaired) electrons. The number of hydrogen-bond acceptors (Lipinski definition) is 4. The van der Waals surface area contributed by atoms with Gasteiger partial charge in [0.2, 0.25) is 0 Å². The van der Waals surface area contributed by atoms with Crippen molar-refractivity contribution in [2.24, 2.45) is 0 Å². The molecule has 0 bridgehead atoms. The number of rotatable bonds is 5. The second-order valence-corrected chi connectivity index (χ2v) is 4.98. The standard InChI is InChI=1S/C16H16ClN3O/c1-3-13-14(9-18)16(20-19-15(13)4-2)21-10-11-5-7-12(17)8-6-11/h5-8H,3-4,10H2,1-2H3. The Bertz CT molecular complexity index is 662. The van der Waals surface area contributed by atoms with E-state index in [0.29, 0.717) is 23.1 Å². The maximum atomic E-state index is 9.37. The van der Waals surface area contributed by atoms with Gasteiger partial charge in [-0.1, -0.05) is 37.6 Å². The highest BCUT2D eigenvalue weighted by molar-refractivity contribution is 6.30. The van der Waals surface area contributed by atoms with E-state index in [9.17, 15) is 5.26 Å². The van der Waals surface area contributed by atoms with Gasteiger partial charge in [-0.3, -0.25) is 0 Å². The van der Waals surface area contributed by atoms with Gasteiger partial charge < -0.3 is 4.74 Å². The molecule has 0 unspecified atom stereocenters. The van der Waals surface area contributed by atoms with Crippen molar-refractivity contribution in [3.05, 3.63) is 51.7 Å². The number of halogens is 1. The Hall–Kier alpha value is -2.12. The van der Waals surface area contributed by atoms with Crippen LogP contribution < -0.4 is 4.74 Å². The second kappa shape index (κ2) is 7.05. The Morgan fingerprint density at radius 2 is 1.86 bits per heavy atom. The van der Waals surface area contributed by atoms with Crippen molar-refractivity contribution in [2.75, 3.05) is 0 Å². The first-order chi connectivity index (χ1) is 10.2. The van der Waals surface area contributed by atoms with Crippen molar-refractivity contribution < 1.29 is 4.74 Å². The summed E-state index contributed by atoms with van der Waals surface area (Å²) in [6.45, 7) is 4.33. The zero-order valence-corrected chi connectivity index (χ0v) is 12.8. The summed E-state index contributed by atoms with van der Waals surface area (Å²) in [5.74, 6) is 0.293. The van der Waals surface area contributed by atoms with Crippen LogP contribution >= 0.6 is 11.6 Å². The lowest BCUT2D eigenvalue weighted by molar-refractivity contribution is 0.288. The molecule has 1 aromatic heterocycles. The number of aryl methyl sites for hydroxylation is 1. The van der Waals surface area contributed by atoms with E-state index >= 15 is 0 Å². The summed E-state index contributed by atoms with van der Waals surface area (Å²) in [6, 6.07) is 9.54. The van der Waals surface area contributed by atoms with E-state index in [0.717, 1.165) is 29.7 Å². The molecular weight excluding hydrogens is 286 g/mol. The fourth-order valence-corrected chi connectivity index (χ4v) is 2.23. The number of benzene rings is 1. The number of nitrogens with zero attached hydrogens (tertiary/aromatic N) is 3. The zero-order valence-electron chi connectivity index (χ0n) is 12.1. The lowest BCUT2D eigenvalue weighted by Gasteiger charge is -2.11. The van der Waals surface area contributed by atoms with Gasteiger partial charge in [-0.05, 0) is 36.1 Å². The largest absolute Gasteiger partial charge is 0.471 e. The molecule has 21 heavy (non-hydrogen) atoms. The number of ether oxygens (including phenoxy) is 1. The third-order valence-corrected chi connectivity index (χ3v) is 3.47. The monoisotopic (exact) mass is 301 g/mol. The quantitative estimate of drug-likeness (QED) is 0.845. The second-order valence-electron chi connectivity index (χ2n) is 4.54. The Morgan fingerprint density at radius 3 is 2.43 bits per heavy atom. The van der Waals surface area contributed by atoms with Crippen LogP contribution in [0.5, 0.6) is 5.88 Å². The summed E-state index contributed by atoms with van der Waals surface area (Å²) in [7, 11) is 0. The number of hydrogen-bond donors (Lipinski definition) is 0. The van der Waals surface area contributed by atoms with Crippen molar-refractivity contribution in [3.8, 4) is 11.9 Å². The number of nitriles is 1. The molecule has 2 rings (SSSR count). The van der Waals surface area contributed by atoms with E-state index in [1.807, 2.05) is 26.0 Å². The van der Waals surface area contributed by atoms with Crippen molar-refractivity contribution in [1.82, 2.24) is 10.2 Å². The highest BCUT2D eigenvalue weighted by Crippen LogP contribution is 2.22. The van der Waals surface area contributed by atoms with Crippen LogP contribution in [-0.4, -0.2) is 10.2 Å². The predicted octanol–water partition coefficient (Wildman–Crippen LogP) is 3.71. The molecule has 0 aliphatic carbocycles. The van der Waals surface area contributed by atoms with Gasteiger partial charge in [-0.2, -0.15) is 10.4 Å². The fourth-order valence-electron chi connectivity index (χ4n) is 2.10. The molecule has 0 amide bonds. The van der Waals surface area contributed by atoms with Crippen LogP contribution in [0.25, 0.3) is 0 Å². The van der Waals surface area contributed by atoms with Crippen molar-refractivity contribution in [3.63, 3.8) is 0 Å². The smallest absolute Gasteiger partial charge is 0.252 e. The first-order valence-electron chi connectivity index (χ1n) is 6.85. The van der Waals surface area contributed by atoms with Crippen LogP contribution in [0.15, 0.2) is 24.3 Å². The van der Waals surface area contributed by atoms with Gasteiger partial charge in [0.15, 0.2) is 0 Å². The molecule has 1 aromatic carbocycles. The van der Waals surface area contributed by atoms with Crippen molar-refractivity contribution in [2.45, 2.75) is 33.3 Å².